The summed E-state index contributed by atoms with van der Waals surface area (Å²) in [6.07, 6.45) is 0. The number of carbonyl (C=O) groups excluding carboxylic acids is 1. The van der Waals surface area contributed by atoms with E-state index in [0.29, 0.717) is 33.8 Å². The summed E-state index contributed by atoms with van der Waals surface area (Å²) in [5.74, 6) is -0.0697. The number of benzene rings is 3. The molecule has 0 bridgehead atoms. The van der Waals surface area contributed by atoms with Crippen LogP contribution in [0.3, 0.4) is 0 Å². The van der Waals surface area contributed by atoms with Crippen molar-refractivity contribution >= 4 is 60.6 Å². The second-order valence-corrected chi connectivity index (χ2v) is 10.8. The van der Waals surface area contributed by atoms with Gasteiger partial charge in [0.2, 0.25) is 0 Å². The Morgan fingerprint density at radius 1 is 1.00 bits per heavy atom. The fraction of sp³-hybridized carbons (Fsp3) is 0.200. The number of halogens is 1. The van der Waals surface area contributed by atoms with Gasteiger partial charge in [-0.1, -0.05) is 34.1 Å². The van der Waals surface area contributed by atoms with Crippen molar-refractivity contribution in [2.75, 3.05) is 30.4 Å². The minimum absolute atomic E-state index is 0.0482. The van der Waals surface area contributed by atoms with E-state index >= 15 is 0 Å². The third-order valence-corrected chi connectivity index (χ3v) is 7.16. The molecule has 0 spiro atoms. The maximum Gasteiger partial charge on any atom is 0.261 e. The average molecular weight is 593 g/mol. The van der Waals surface area contributed by atoms with E-state index < -0.39 is 15.9 Å². The van der Waals surface area contributed by atoms with Gasteiger partial charge in [0, 0.05) is 17.3 Å². The maximum atomic E-state index is 12.9. The molecule has 0 atom stereocenters. The van der Waals surface area contributed by atoms with Crippen LogP contribution < -0.4 is 20.1 Å². The molecular weight excluding hydrogens is 566 g/mol. The Morgan fingerprint density at radius 3 is 2.31 bits per heavy atom. The van der Waals surface area contributed by atoms with Crippen LogP contribution in [0.25, 0.3) is 0 Å². The lowest BCUT2D eigenvalue weighted by atomic mass is 10.1. The largest absolute Gasteiger partial charge is 0.490 e. The van der Waals surface area contributed by atoms with Crippen LogP contribution in [0.15, 0.2) is 70.0 Å². The molecule has 0 aromatic heterocycles. The number of sulfonamides is 1. The molecule has 3 rings (SSSR count). The summed E-state index contributed by atoms with van der Waals surface area (Å²) in [5.41, 5.74) is 3.02. The van der Waals surface area contributed by atoms with Crippen LogP contribution in [0.2, 0.25) is 0 Å². The predicted octanol–water partition coefficient (Wildman–Crippen LogP) is 5.02. The molecule has 1 amide bonds. The molecule has 8 nitrogen and oxygen atoms in total. The second-order valence-electron chi connectivity index (χ2n) is 7.79. The number of nitrogens with one attached hydrogen (secondary N) is 3. The average Bonchev–Trinajstić information content (AvgIpc) is 2.83. The van der Waals surface area contributed by atoms with Gasteiger partial charge in [-0.3, -0.25) is 14.8 Å². The van der Waals surface area contributed by atoms with Gasteiger partial charge in [-0.05, 0) is 79.7 Å². The first-order valence-electron chi connectivity index (χ1n) is 10.8. The summed E-state index contributed by atoms with van der Waals surface area (Å²) in [6, 6.07) is 16.7. The summed E-state index contributed by atoms with van der Waals surface area (Å²) < 4.78 is 39.7. The fourth-order valence-electron chi connectivity index (χ4n) is 3.26. The Balaban J connectivity index is 1.66. The summed E-state index contributed by atoms with van der Waals surface area (Å²) in [6.45, 7) is 4.35. The van der Waals surface area contributed by atoms with Crippen molar-refractivity contribution in [3.8, 4) is 5.75 Å². The highest BCUT2D eigenvalue weighted by Crippen LogP contribution is 2.25. The van der Waals surface area contributed by atoms with Crippen molar-refractivity contribution < 1.29 is 22.7 Å². The highest BCUT2D eigenvalue weighted by Gasteiger charge is 2.18. The molecule has 0 aliphatic carbocycles. The standard InChI is InChI=1S/C25H26BrN3O5S2/c1-16-5-4-6-17(2)23(16)29-36(31,32)20-10-8-19(9-11-20)27-25(35)28-24(30)21-15-18(26)7-12-22(21)34-14-13-33-3/h4-12,15,29H,13-14H2,1-3H3,(H2,27,28,30,35). The zero-order valence-corrected chi connectivity index (χ0v) is 23.1. The first-order valence-corrected chi connectivity index (χ1v) is 13.5. The van der Waals surface area contributed by atoms with E-state index in [9.17, 15) is 13.2 Å². The molecule has 3 N–H and O–H groups in total. The summed E-state index contributed by atoms with van der Waals surface area (Å²) >= 11 is 8.62. The van der Waals surface area contributed by atoms with E-state index in [1.54, 1.807) is 37.4 Å². The zero-order valence-electron chi connectivity index (χ0n) is 19.9. The topological polar surface area (TPSA) is 106 Å². The molecule has 3 aromatic rings. The predicted molar refractivity (Wildman–Crippen MR) is 148 cm³/mol. The molecule has 36 heavy (non-hydrogen) atoms. The van der Waals surface area contributed by atoms with Crippen LogP contribution in [-0.2, 0) is 14.8 Å². The number of carbonyl (C=O) groups is 1. The maximum absolute atomic E-state index is 12.9. The van der Waals surface area contributed by atoms with Crippen molar-refractivity contribution in [3.63, 3.8) is 0 Å². The SMILES string of the molecule is COCCOc1ccc(Br)cc1C(=O)NC(=S)Nc1ccc(S(=O)(=O)Nc2c(C)cccc2C)cc1. The third kappa shape index (κ3) is 7.26. The summed E-state index contributed by atoms with van der Waals surface area (Å²) in [4.78, 5) is 12.9. The Bertz CT molecular complexity index is 1340. The number of methoxy groups -OCH3 is 1. The van der Waals surface area contributed by atoms with Gasteiger partial charge in [0.15, 0.2) is 5.11 Å². The van der Waals surface area contributed by atoms with E-state index in [-0.39, 0.29) is 16.6 Å². The van der Waals surface area contributed by atoms with E-state index in [0.717, 1.165) is 11.1 Å². The van der Waals surface area contributed by atoms with Crippen LogP contribution >= 0.6 is 28.1 Å². The van der Waals surface area contributed by atoms with Gasteiger partial charge in [-0.2, -0.15) is 0 Å². The van der Waals surface area contributed by atoms with Gasteiger partial charge in [-0.25, -0.2) is 8.42 Å². The highest BCUT2D eigenvalue weighted by atomic mass is 79.9. The molecule has 0 heterocycles. The van der Waals surface area contributed by atoms with Gasteiger partial charge in [0.1, 0.15) is 12.4 Å². The van der Waals surface area contributed by atoms with Crippen LogP contribution in [0.1, 0.15) is 21.5 Å². The first kappa shape index (κ1) is 27.6. The monoisotopic (exact) mass is 591 g/mol. The Morgan fingerprint density at radius 2 is 1.67 bits per heavy atom. The van der Waals surface area contributed by atoms with E-state index in [2.05, 4.69) is 31.3 Å². The van der Waals surface area contributed by atoms with E-state index in [1.807, 2.05) is 32.0 Å². The number of thiocarbonyl (C=S) groups is 1. The smallest absolute Gasteiger partial charge is 0.261 e. The van der Waals surface area contributed by atoms with Gasteiger partial charge in [0.25, 0.3) is 15.9 Å². The van der Waals surface area contributed by atoms with E-state index in [1.165, 1.54) is 12.1 Å². The van der Waals surface area contributed by atoms with Crippen LogP contribution in [-0.4, -0.2) is 39.8 Å². The number of para-hydroxylation sites is 1. The van der Waals surface area contributed by atoms with Gasteiger partial charge < -0.3 is 14.8 Å². The Kier molecular flexibility index (Phi) is 9.43. The van der Waals surface area contributed by atoms with Crippen molar-refractivity contribution in [2.45, 2.75) is 18.7 Å². The quantitative estimate of drug-likeness (QED) is 0.237. The van der Waals surface area contributed by atoms with Crippen LogP contribution in [0.5, 0.6) is 5.75 Å². The first-order chi connectivity index (χ1) is 17.1. The molecule has 0 fully saturated rings. The molecule has 0 aliphatic heterocycles. The Labute approximate surface area is 224 Å². The number of amides is 1. The normalized spacial score (nSPS) is 11.0. The molecule has 3 aromatic carbocycles. The minimum atomic E-state index is -3.78. The third-order valence-electron chi connectivity index (χ3n) is 5.10. The van der Waals surface area contributed by atoms with Crippen molar-refractivity contribution in [1.82, 2.24) is 5.32 Å². The molecule has 0 unspecified atom stereocenters. The fourth-order valence-corrected chi connectivity index (χ4v) is 5.03. The van der Waals surface area contributed by atoms with Crippen LogP contribution in [0, 0.1) is 13.8 Å². The van der Waals surface area contributed by atoms with Crippen molar-refractivity contribution in [1.29, 1.82) is 0 Å². The lowest BCUT2D eigenvalue weighted by Gasteiger charge is -2.15. The molecule has 190 valence electrons. The molecule has 0 radical (unpaired) electrons. The summed E-state index contributed by atoms with van der Waals surface area (Å²) in [7, 11) is -2.22. The number of ether oxygens (including phenoxy) is 2. The molecule has 0 saturated heterocycles. The number of rotatable bonds is 9. The zero-order chi connectivity index (χ0) is 26.3. The van der Waals surface area contributed by atoms with E-state index in [4.69, 9.17) is 21.7 Å². The molecule has 0 saturated carbocycles. The van der Waals surface area contributed by atoms with Gasteiger partial charge in [-0.15, -0.1) is 0 Å². The second kappa shape index (κ2) is 12.3. The minimum Gasteiger partial charge on any atom is -0.490 e. The van der Waals surface area contributed by atoms with Gasteiger partial charge in [0.05, 0.1) is 22.8 Å². The van der Waals surface area contributed by atoms with Crippen molar-refractivity contribution in [3.05, 3.63) is 81.8 Å². The van der Waals surface area contributed by atoms with Crippen molar-refractivity contribution in [2.24, 2.45) is 0 Å². The number of hydrogen-bond acceptors (Lipinski definition) is 6. The lowest BCUT2D eigenvalue weighted by Crippen LogP contribution is -2.34. The number of hydrogen-bond donors (Lipinski definition) is 3. The molecule has 0 aliphatic rings. The van der Waals surface area contributed by atoms with Gasteiger partial charge >= 0.3 is 0 Å². The number of anilines is 2. The molecule has 11 heteroatoms. The van der Waals surface area contributed by atoms with Crippen LogP contribution in [0.4, 0.5) is 11.4 Å². The lowest BCUT2D eigenvalue weighted by molar-refractivity contribution is 0.0969. The highest BCUT2D eigenvalue weighted by molar-refractivity contribution is 9.10. The number of aryl methyl sites for hydroxylation is 2. The summed E-state index contributed by atoms with van der Waals surface area (Å²) in [5, 5.41) is 5.55. The Hall–Kier alpha value is -2.99. The molecular formula is C25H26BrN3O5S2.